The molecule has 0 bridgehead atoms. The zero-order valence-electron chi connectivity index (χ0n) is 14.2. The second kappa shape index (κ2) is 9.12. The normalized spacial score (nSPS) is 11.8. The molecule has 6 heteroatoms. The lowest BCUT2D eigenvalue weighted by Crippen LogP contribution is -2.25. The second-order valence-electron chi connectivity index (χ2n) is 5.11. The van der Waals surface area contributed by atoms with Crippen molar-refractivity contribution in [2.45, 2.75) is 6.61 Å². The Labute approximate surface area is 147 Å². The van der Waals surface area contributed by atoms with Gasteiger partial charge in [0, 0.05) is 7.05 Å². The molecule has 0 aliphatic rings. The smallest absolute Gasteiger partial charge is 0.211 e. The molecule has 0 spiro atoms. The molecule has 0 aliphatic carbocycles. The molecule has 130 valence electrons. The Kier molecular flexibility index (Phi) is 6.59. The Bertz CT molecular complexity index is 771. The number of nitrogens with zero attached hydrogens (tertiary/aromatic N) is 1. The maximum absolute atomic E-state index is 10.7. The van der Waals surface area contributed by atoms with E-state index in [0.29, 0.717) is 30.2 Å². The number of hydrogen-bond donors (Lipinski definition) is 2. The van der Waals surface area contributed by atoms with Crippen LogP contribution in [-0.4, -0.2) is 26.4 Å². The maximum Gasteiger partial charge on any atom is 0.211 e. The highest BCUT2D eigenvalue weighted by atomic mass is 16.5. The van der Waals surface area contributed by atoms with Crippen molar-refractivity contribution >= 4 is 18.3 Å². The summed E-state index contributed by atoms with van der Waals surface area (Å²) in [6, 6.07) is 15.3. The Morgan fingerprint density at radius 2 is 1.96 bits per heavy atom. The van der Waals surface area contributed by atoms with Crippen LogP contribution >= 0.6 is 0 Å². The summed E-state index contributed by atoms with van der Waals surface area (Å²) in [5.74, 6) is 1.45. The van der Waals surface area contributed by atoms with Crippen LogP contribution in [0.25, 0.3) is 6.08 Å². The number of nitrogens with one attached hydrogen (secondary N) is 1. The van der Waals surface area contributed by atoms with Gasteiger partial charge < -0.3 is 20.5 Å². The van der Waals surface area contributed by atoms with Gasteiger partial charge in [-0.3, -0.25) is 9.79 Å². The third kappa shape index (κ3) is 5.10. The highest BCUT2D eigenvalue weighted by molar-refractivity contribution is 6.01. The number of carbonyl (C=O) groups is 1. The molecule has 0 radical (unpaired) electrons. The number of amides is 1. The van der Waals surface area contributed by atoms with Crippen LogP contribution in [0.3, 0.4) is 0 Å². The third-order valence-electron chi connectivity index (χ3n) is 3.47. The van der Waals surface area contributed by atoms with Crippen molar-refractivity contribution in [3.63, 3.8) is 0 Å². The lowest BCUT2D eigenvalue weighted by molar-refractivity contribution is -0.108. The molecule has 3 N–H and O–H groups in total. The van der Waals surface area contributed by atoms with E-state index in [9.17, 15) is 4.79 Å². The van der Waals surface area contributed by atoms with Crippen LogP contribution in [0, 0.1) is 0 Å². The zero-order valence-corrected chi connectivity index (χ0v) is 14.2. The fourth-order valence-corrected chi connectivity index (χ4v) is 2.17. The number of benzene rings is 2. The van der Waals surface area contributed by atoms with Crippen molar-refractivity contribution in [2.24, 2.45) is 10.7 Å². The van der Waals surface area contributed by atoms with Gasteiger partial charge in [0.15, 0.2) is 11.5 Å². The summed E-state index contributed by atoms with van der Waals surface area (Å²) in [5.41, 5.74) is 8.04. The minimum Gasteiger partial charge on any atom is -0.493 e. The van der Waals surface area contributed by atoms with Gasteiger partial charge in [-0.25, -0.2) is 0 Å². The molecule has 0 saturated carbocycles. The summed E-state index contributed by atoms with van der Waals surface area (Å²) < 4.78 is 11.2. The summed E-state index contributed by atoms with van der Waals surface area (Å²) in [7, 11) is 3.13. The van der Waals surface area contributed by atoms with Crippen molar-refractivity contribution in [1.82, 2.24) is 5.32 Å². The van der Waals surface area contributed by atoms with Gasteiger partial charge in [0.1, 0.15) is 12.4 Å². The first-order chi connectivity index (χ1) is 12.2. The summed E-state index contributed by atoms with van der Waals surface area (Å²) >= 11 is 0. The molecule has 0 fully saturated rings. The van der Waals surface area contributed by atoms with E-state index in [1.807, 2.05) is 42.5 Å². The lowest BCUT2D eigenvalue weighted by atomic mass is 10.1. The molecular weight excluding hydrogens is 318 g/mol. The summed E-state index contributed by atoms with van der Waals surface area (Å²) in [4.78, 5) is 14.6. The van der Waals surface area contributed by atoms with Crippen molar-refractivity contribution in [2.75, 3.05) is 14.2 Å². The van der Waals surface area contributed by atoms with Crippen molar-refractivity contribution < 1.29 is 14.3 Å². The predicted octanol–water partition coefficient (Wildman–Crippen LogP) is 2.35. The summed E-state index contributed by atoms with van der Waals surface area (Å²) in [6.07, 6.45) is 2.26. The first-order valence-corrected chi connectivity index (χ1v) is 7.67. The molecule has 0 atom stereocenters. The van der Waals surface area contributed by atoms with Crippen molar-refractivity contribution in [3.05, 3.63) is 65.4 Å². The lowest BCUT2D eigenvalue weighted by Gasteiger charge is -2.12. The van der Waals surface area contributed by atoms with Gasteiger partial charge in [-0.1, -0.05) is 36.4 Å². The van der Waals surface area contributed by atoms with Crippen LogP contribution in [0.5, 0.6) is 11.5 Å². The van der Waals surface area contributed by atoms with E-state index in [1.54, 1.807) is 26.3 Å². The Morgan fingerprint density at radius 1 is 1.20 bits per heavy atom. The van der Waals surface area contributed by atoms with Gasteiger partial charge >= 0.3 is 0 Å². The largest absolute Gasteiger partial charge is 0.493 e. The van der Waals surface area contributed by atoms with Crippen LogP contribution < -0.4 is 20.5 Å². The fraction of sp³-hybridized carbons (Fsp3) is 0.158. The number of carbonyl (C=O) groups excluding carboxylic acids is 1. The maximum atomic E-state index is 10.7. The predicted molar refractivity (Wildman–Crippen MR) is 98.5 cm³/mol. The molecule has 0 saturated heterocycles. The molecule has 0 aromatic heterocycles. The van der Waals surface area contributed by atoms with E-state index >= 15 is 0 Å². The average molecular weight is 339 g/mol. The summed E-state index contributed by atoms with van der Waals surface area (Å²) in [5, 5.41) is 2.53. The molecular formula is C19H21N3O3. The van der Waals surface area contributed by atoms with E-state index < -0.39 is 0 Å². The average Bonchev–Trinajstić information content (AvgIpc) is 2.66. The number of nitrogens with two attached hydrogens (primary N) is 1. The van der Waals surface area contributed by atoms with Crippen LogP contribution in [0.2, 0.25) is 0 Å². The molecule has 0 heterocycles. The summed E-state index contributed by atoms with van der Waals surface area (Å²) in [6.45, 7) is 0.444. The SMILES string of the molecule is CN=C(N)/C(=C/c1ccc(OCc2ccccc2)c(OC)c1)NC=O. The van der Waals surface area contributed by atoms with E-state index in [4.69, 9.17) is 15.2 Å². The Hall–Kier alpha value is -3.28. The van der Waals surface area contributed by atoms with Gasteiger partial charge in [0.2, 0.25) is 6.41 Å². The van der Waals surface area contributed by atoms with Crippen LogP contribution in [0.4, 0.5) is 0 Å². The number of aliphatic imine (C=N–C) groups is 1. The third-order valence-corrected chi connectivity index (χ3v) is 3.47. The number of methoxy groups -OCH3 is 1. The van der Waals surface area contributed by atoms with Crippen LogP contribution in [0.15, 0.2) is 59.2 Å². The highest BCUT2D eigenvalue weighted by Gasteiger charge is 2.07. The zero-order chi connectivity index (χ0) is 18.1. The first-order valence-electron chi connectivity index (χ1n) is 7.67. The monoisotopic (exact) mass is 339 g/mol. The van der Waals surface area contributed by atoms with Gasteiger partial charge in [0.05, 0.1) is 12.8 Å². The second-order valence-corrected chi connectivity index (χ2v) is 5.11. The van der Waals surface area contributed by atoms with E-state index in [-0.39, 0.29) is 5.84 Å². The van der Waals surface area contributed by atoms with Gasteiger partial charge in [-0.15, -0.1) is 0 Å². The fourth-order valence-electron chi connectivity index (χ4n) is 2.17. The minimum atomic E-state index is 0.232. The van der Waals surface area contributed by atoms with Gasteiger partial charge in [0.25, 0.3) is 0 Å². The van der Waals surface area contributed by atoms with Crippen molar-refractivity contribution in [1.29, 1.82) is 0 Å². The van der Waals surface area contributed by atoms with E-state index in [0.717, 1.165) is 11.1 Å². The molecule has 2 rings (SSSR count). The van der Waals surface area contributed by atoms with Crippen molar-refractivity contribution in [3.8, 4) is 11.5 Å². The van der Waals surface area contributed by atoms with E-state index in [2.05, 4.69) is 10.3 Å². The molecule has 0 unspecified atom stereocenters. The highest BCUT2D eigenvalue weighted by Crippen LogP contribution is 2.29. The van der Waals surface area contributed by atoms with E-state index in [1.165, 1.54) is 0 Å². The molecule has 1 amide bonds. The first kappa shape index (κ1) is 18.1. The topological polar surface area (TPSA) is 85.9 Å². The Morgan fingerprint density at radius 3 is 2.60 bits per heavy atom. The number of ether oxygens (including phenoxy) is 2. The Balaban J connectivity index is 2.21. The van der Waals surface area contributed by atoms with Crippen LogP contribution in [-0.2, 0) is 11.4 Å². The molecule has 2 aromatic rings. The van der Waals surface area contributed by atoms with Gasteiger partial charge in [-0.05, 0) is 29.3 Å². The number of amidine groups is 1. The quantitative estimate of drug-likeness (QED) is 0.439. The standard InChI is InChI=1S/C19H21N3O3/c1-21-19(20)16(22-13-23)10-15-8-9-17(18(11-15)24-2)25-12-14-6-4-3-5-7-14/h3-11,13H,12H2,1-2H3,(H2,20,21)(H,22,23)/b16-10-. The molecule has 25 heavy (non-hydrogen) atoms. The molecule has 2 aromatic carbocycles. The minimum absolute atomic E-state index is 0.232. The van der Waals surface area contributed by atoms with Gasteiger partial charge in [-0.2, -0.15) is 0 Å². The van der Waals surface area contributed by atoms with Crippen LogP contribution in [0.1, 0.15) is 11.1 Å². The molecule has 0 aliphatic heterocycles. The molecule has 6 nitrogen and oxygen atoms in total. The number of rotatable bonds is 8. The number of hydrogen-bond acceptors (Lipinski definition) is 4.